The number of ether oxygens (including phenoxy) is 2. The molecule has 0 radical (unpaired) electrons. The van der Waals surface area contributed by atoms with Gasteiger partial charge in [-0.1, -0.05) is 22.0 Å². The van der Waals surface area contributed by atoms with E-state index in [1.165, 1.54) is 5.69 Å². The molecule has 166 valence electrons. The smallest absolute Gasteiger partial charge is 0.317 e. The van der Waals surface area contributed by atoms with Gasteiger partial charge in [0.05, 0.1) is 20.3 Å². The van der Waals surface area contributed by atoms with E-state index in [9.17, 15) is 4.79 Å². The summed E-state index contributed by atoms with van der Waals surface area (Å²) in [6.45, 7) is 3.43. The van der Waals surface area contributed by atoms with E-state index in [0.717, 1.165) is 60.4 Å². The van der Waals surface area contributed by atoms with Gasteiger partial charge in [0.15, 0.2) is 0 Å². The van der Waals surface area contributed by atoms with E-state index in [0.29, 0.717) is 12.5 Å². The van der Waals surface area contributed by atoms with Crippen LogP contribution < -0.4 is 19.7 Å². The van der Waals surface area contributed by atoms with Crippen LogP contribution in [0.4, 0.5) is 10.5 Å². The van der Waals surface area contributed by atoms with Gasteiger partial charge in [-0.15, -0.1) is 0 Å². The third kappa shape index (κ3) is 4.92. The first-order valence-electron chi connectivity index (χ1n) is 10.9. The van der Waals surface area contributed by atoms with Gasteiger partial charge < -0.3 is 24.6 Å². The summed E-state index contributed by atoms with van der Waals surface area (Å²) in [6, 6.07) is 14.2. The molecule has 2 atom stereocenters. The van der Waals surface area contributed by atoms with Crippen LogP contribution in [0, 0.1) is 5.92 Å². The van der Waals surface area contributed by atoms with E-state index in [1.54, 1.807) is 14.2 Å². The number of carbonyl (C=O) groups excluding carboxylic acids is 1. The zero-order valence-electron chi connectivity index (χ0n) is 18.1. The predicted octanol–water partition coefficient (Wildman–Crippen LogP) is 4.84. The minimum absolute atomic E-state index is 0.00629. The summed E-state index contributed by atoms with van der Waals surface area (Å²) in [6.07, 6.45) is 3.00. The summed E-state index contributed by atoms with van der Waals surface area (Å²) < 4.78 is 12.1. The van der Waals surface area contributed by atoms with E-state index in [4.69, 9.17) is 9.47 Å². The highest BCUT2D eigenvalue weighted by molar-refractivity contribution is 9.10. The number of hydrogen-bond donors (Lipinski definition) is 1. The largest absolute Gasteiger partial charge is 0.497 e. The topological polar surface area (TPSA) is 54.0 Å². The van der Waals surface area contributed by atoms with Crippen LogP contribution in [0.25, 0.3) is 0 Å². The second-order valence-electron chi connectivity index (χ2n) is 8.23. The van der Waals surface area contributed by atoms with Crippen molar-refractivity contribution in [3.8, 4) is 11.5 Å². The van der Waals surface area contributed by atoms with Gasteiger partial charge in [-0.2, -0.15) is 0 Å². The molecule has 2 heterocycles. The van der Waals surface area contributed by atoms with Crippen molar-refractivity contribution in [3.05, 3.63) is 52.5 Å². The molecule has 0 aliphatic carbocycles. The quantitative estimate of drug-likeness (QED) is 0.633. The number of nitrogens with one attached hydrogen (secondary N) is 1. The lowest BCUT2D eigenvalue weighted by Crippen LogP contribution is -2.41. The first-order chi connectivity index (χ1) is 15.1. The number of methoxy groups -OCH3 is 2. The Kier molecular flexibility index (Phi) is 6.90. The molecule has 2 aromatic rings. The Hall–Kier alpha value is -2.41. The average Bonchev–Trinajstić information content (AvgIpc) is 3.47. The van der Waals surface area contributed by atoms with E-state index < -0.39 is 0 Å². The summed E-state index contributed by atoms with van der Waals surface area (Å²) in [5, 5.41) is 3.19. The first kappa shape index (κ1) is 21.8. The number of likely N-dealkylation sites (tertiary alicyclic amines) is 1. The fraction of sp³-hybridized carbons (Fsp3) is 0.458. The van der Waals surface area contributed by atoms with E-state index >= 15 is 0 Å². The molecule has 2 fully saturated rings. The molecule has 7 heteroatoms. The second kappa shape index (κ2) is 9.81. The maximum Gasteiger partial charge on any atom is 0.317 e. The molecule has 0 bridgehead atoms. The van der Waals surface area contributed by atoms with Crippen molar-refractivity contribution in [1.29, 1.82) is 0 Å². The highest BCUT2D eigenvalue weighted by Crippen LogP contribution is 2.39. The highest BCUT2D eigenvalue weighted by Gasteiger charge is 2.33. The van der Waals surface area contributed by atoms with E-state index in [2.05, 4.69) is 44.3 Å². The molecule has 1 N–H and O–H groups in total. The van der Waals surface area contributed by atoms with Crippen LogP contribution in [0.3, 0.4) is 0 Å². The lowest BCUT2D eigenvalue weighted by atomic mass is 10.0. The molecule has 2 aliphatic rings. The Morgan fingerprint density at radius 2 is 2.00 bits per heavy atom. The van der Waals surface area contributed by atoms with Gasteiger partial charge in [-0.05, 0) is 61.6 Å². The SMILES string of the molecule is COc1ccc(OC)c(C2CCCN2C(=O)NCC2CCN(c3cccc(Br)c3)C2)c1. The zero-order valence-corrected chi connectivity index (χ0v) is 19.7. The van der Waals surface area contributed by atoms with Crippen molar-refractivity contribution in [2.75, 3.05) is 45.3 Å². The maximum atomic E-state index is 13.1. The number of benzene rings is 2. The number of hydrogen-bond acceptors (Lipinski definition) is 4. The third-order valence-electron chi connectivity index (χ3n) is 6.31. The Morgan fingerprint density at radius 1 is 1.13 bits per heavy atom. The highest BCUT2D eigenvalue weighted by atomic mass is 79.9. The molecule has 4 rings (SSSR count). The predicted molar refractivity (Wildman–Crippen MR) is 126 cm³/mol. The van der Waals surface area contributed by atoms with Crippen LogP contribution in [0.15, 0.2) is 46.9 Å². The lowest BCUT2D eigenvalue weighted by molar-refractivity contribution is 0.190. The van der Waals surface area contributed by atoms with Crippen molar-refractivity contribution in [2.24, 2.45) is 5.92 Å². The van der Waals surface area contributed by atoms with E-state index in [1.807, 2.05) is 29.2 Å². The van der Waals surface area contributed by atoms with Gasteiger partial charge in [-0.3, -0.25) is 0 Å². The third-order valence-corrected chi connectivity index (χ3v) is 6.80. The van der Waals surface area contributed by atoms with Gasteiger partial charge in [0.2, 0.25) is 0 Å². The lowest BCUT2D eigenvalue weighted by Gasteiger charge is -2.27. The van der Waals surface area contributed by atoms with Crippen molar-refractivity contribution >= 4 is 27.6 Å². The van der Waals surface area contributed by atoms with Crippen molar-refractivity contribution in [3.63, 3.8) is 0 Å². The molecule has 6 nitrogen and oxygen atoms in total. The summed E-state index contributed by atoms with van der Waals surface area (Å²) in [7, 11) is 3.32. The zero-order chi connectivity index (χ0) is 21.8. The Bertz CT molecular complexity index is 923. The molecule has 2 aliphatic heterocycles. The number of amides is 2. The molecule has 2 saturated heterocycles. The summed E-state index contributed by atoms with van der Waals surface area (Å²) >= 11 is 3.55. The maximum absolute atomic E-state index is 13.1. The summed E-state index contributed by atoms with van der Waals surface area (Å²) in [4.78, 5) is 17.4. The molecule has 2 amide bonds. The number of rotatable bonds is 6. The number of anilines is 1. The average molecular weight is 488 g/mol. The van der Waals surface area contributed by atoms with Gasteiger partial charge >= 0.3 is 6.03 Å². The number of nitrogens with zero attached hydrogens (tertiary/aromatic N) is 2. The molecular formula is C24H30BrN3O3. The van der Waals surface area contributed by atoms with Gasteiger partial charge in [0.25, 0.3) is 0 Å². The van der Waals surface area contributed by atoms with Crippen LogP contribution >= 0.6 is 15.9 Å². The van der Waals surface area contributed by atoms with Gasteiger partial charge in [0, 0.05) is 41.9 Å². The minimum atomic E-state index is 0.00629. The van der Waals surface area contributed by atoms with Crippen LogP contribution in [0.5, 0.6) is 11.5 Å². The fourth-order valence-electron chi connectivity index (χ4n) is 4.67. The van der Waals surface area contributed by atoms with Gasteiger partial charge in [0.1, 0.15) is 11.5 Å². The summed E-state index contributed by atoms with van der Waals surface area (Å²) in [5.74, 6) is 2.03. The Morgan fingerprint density at radius 3 is 2.77 bits per heavy atom. The number of urea groups is 1. The monoisotopic (exact) mass is 487 g/mol. The number of halogens is 1. The van der Waals surface area contributed by atoms with Crippen LogP contribution in [-0.2, 0) is 0 Å². The molecule has 0 aromatic heterocycles. The molecule has 31 heavy (non-hydrogen) atoms. The van der Waals surface area contributed by atoms with Gasteiger partial charge in [-0.25, -0.2) is 4.79 Å². The molecule has 0 saturated carbocycles. The Labute approximate surface area is 192 Å². The van der Waals surface area contributed by atoms with Crippen LogP contribution in [-0.4, -0.2) is 51.3 Å². The minimum Gasteiger partial charge on any atom is -0.497 e. The molecule has 2 aromatic carbocycles. The standard InChI is InChI=1S/C24H30BrN3O3/c1-30-20-8-9-23(31-2)21(14-20)22-7-4-11-28(22)24(29)26-15-17-10-12-27(16-17)19-6-3-5-18(25)13-19/h3,5-6,8-9,13-14,17,22H,4,7,10-12,15-16H2,1-2H3,(H,26,29). The van der Waals surface area contributed by atoms with Crippen molar-refractivity contribution in [1.82, 2.24) is 10.2 Å². The second-order valence-corrected chi connectivity index (χ2v) is 9.14. The molecule has 2 unspecified atom stereocenters. The number of carbonyl (C=O) groups is 1. The summed E-state index contributed by atoms with van der Waals surface area (Å²) in [5.41, 5.74) is 2.24. The van der Waals surface area contributed by atoms with E-state index in [-0.39, 0.29) is 12.1 Å². The fourth-order valence-corrected chi connectivity index (χ4v) is 5.06. The Balaban J connectivity index is 1.37. The molecule has 0 spiro atoms. The van der Waals surface area contributed by atoms with Crippen molar-refractivity contribution < 1.29 is 14.3 Å². The van der Waals surface area contributed by atoms with Crippen LogP contribution in [0.1, 0.15) is 30.9 Å². The van der Waals surface area contributed by atoms with Crippen LogP contribution in [0.2, 0.25) is 0 Å². The first-order valence-corrected chi connectivity index (χ1v) is 11.6. The van der Waals surface area contributed by atoms with Crippen molar-refractivity contribution in [2.45, 2.75) is 25.3 Å². The normalized spacial score (nSPS) is 20.7. The molecular weight excluding hydrogens is 458 g/mol.